The Balaban J connectivity index is 2.24. The quantitative estimate of drug-likeness (QED) is 0.778. The van der Waals surface area contributed by atoms with Gasteiger partial charge in [-0.15, -0.1) is 0 Å². The molecule has 0 unspecified atom stereocenters. The summed E-state index contributed by atoms with van der Waals surface area (Å²) in [5.41, 5.74) is 0.936. The number of hydrogen-bond donors (Lipinski definition) is 0. The monoisotopic (exact) mass is 228 g/mol. The minimum atomic E-state index is -0.259. The fraction of sp³-hybridized carbons (Fsp3) is 0.533. The predicted molar refractivity (Wildman–Crippen MR) is 69.7 cm³/mol. The van der Waals surface area contributed by atoms with Gasteiger partial charge in [0, 0.05) is 0 Å². The van der Waals surface area contributed by atoms with Gasteiger partial charge in [-0.25, -0.2) is 0 Å². The van der Waals surface area contributed by atoms with Gasteiger partial charge in [0.05, 0.1) is 11.5 Å². The molecule has 1 heterocycles. The van der Waals surface area contributed by atoms with Crippen molar-refractivity contribution in [2.75, 3.05) is 19.6 Å². The van der Waals surface area contributed by atoms with Crippen molar-refractivity contribution >= 4 is 0 Å². The zero-order chi connectivity index (χ0) is 12.1. The summed E-state index contributed by atoms with van der Waals surface area (Å²) in [5.74, 6) is 0. The van der Waals surface area contributed by atoms with Gasteiger partial charge < -0.3 is 4.90 Å². The number of hydrogen-bond acceptors (Lipinski definition) is 2. The molecule has 1 aliphatic heterocycles. The Hall–Kier alpha value is -1.33. The van der Waals surface area contributed by atoms with Crippen LogP contribution in [-0.2, 0) is 5.41 Å². The minimum Gasteiger partial charge on any atom is -0.304 e. The smallest absolute Gasteiger partial charge is 0.0835 e. The summed E-state index contributed by atoms with van der Waals surface area (Å²) in [6.07, 6.45) is 3.07. The lowest BCUT2D eigenvalue weighted by atomic mass is 9.76. The second kappa shape index (κ2) is 5.33. The van der Waals surface area contributed by atoms with Crippen molar-refractivity contribution in [1.29, 1.82) is 5.26 Å². The first kappa shape index (κ1) is 12.1. The Morgan fingerprint density at radius 1 is 1.24 bits per heavy atom. The average Bonchev–Trinajstić information content (AvgIpc) is 2.62. The average molecular weight is 228 g/mol. The molecule has 1 saturated heterocycles. The summed E-state index contributed by atoms with van der Waals surface area (Å²) >= 11 is 0. The topological polar surface area (TPSA) is 27.0 Å². The van der Waals surface area contributed by atoms with Crippen LogP contribution in [0.4, 0.5) is 0 Å². The van der Waals surface area contributed by atoms with Crippen LogP contribution in [0.2, 0.25) is 0 Å². The highest BCUT2D eigenvalue weighted by molar-refractivity contribution is 5.32. The van der Waals surface area contributed by atoms with E-state index in [1.807, 2.05) is 18.2 Å². The summed E-state index contributed by atoms with van der Waals surface area (Å²) in [7, 11) is 0. The lowest BCUT2D eigenvalue weighted by molar-refractivity contribution is 0.296. The molecule has 0 N–H and O–H groups in total. The third-order valence-corrected chi connectivity index (χ3v) is 3.92. The zero-order valence-electron chi connectivity index (χ0n) is 10.5. The molecule has 0 bridgehead atoms. The van der Waals surface area contributed by atoms with E-state index < -0.39 is 0 Å². The summed E-state index contributed by atoms with van der Waals surface area (Å²) in [4.78, 5) is 2.45. The van der Waals surface area contributed by atoms with E-state index in [1.165, 1.54) is 5.56 Å². The van der Waals surface area contributed by atoms with Gasteiger partial charge in [0.1, 0.15) is 0 Å². The van der Waals surface area contributed by atoms with E-state index >= 15 is 0 Å². The Bertz CT molecular complexity index is 393. The van der Waals surface area contributed by atoms with Crippen LogP contribution in [0.1, 0.15) is 31.7 Å². The molecule has 0 amide bonds. The van der Waals surface area contributed by atoms with Crippen molar-refractivity contribution in [3.8, 4) is 6.07 Å². The van der Waals surface area contributed by atoms with Crippen molar-refractivity contribution in [1.82, 2.24) is 4.90 Å². The maximum atomic E-state index is 9.61. The predicted octanol–water partition coefficient (Wildman–Crippen LogP) is 2.95. The number of nitriles is 1. The molecule has 2 nitrogen and oxygen atoms in total. The molecular weight excluding hydrogens is 208 g/mol. The van der Waals surface area contributed by atoms with E-state index in [0.717, 1.165) is 38.9 Å². The van der Waals surface area contributed by atoms with Gasteiger partial charge in [0.2, 0.25) is 0 Å². The fourth-order valence-electron chi connectivity index (χ4n) is 2.73. The number of benzene rings is 1. The van der Waals surface area contributed by atoms with Crippen molar-refractivity contribution in [3.05, 3.63) is 35.9 Å². The van der Waals surface area contributed by atoms with Crippen molar-refractivity contribution < 1.29 is 0 Å². The van der Waals surface area contributed by atoms with Crippen LogP contribution in [0.15, 0.2) is 30.3 Å². The van der Waals surface area contributed by atoms with Gasteiger partial charge in [0.15, 0.2) is 0 Å². The van der Waals surface area contributed by atoms with Crippen LogP contribution in [-0.4, -0.2) is 24.5 Å². The zero-order valence-corrected chi connectivity index (χ0v) is 10.5. The molecule has 1 aromatic carbocycles. The largest absolute Gasteiger partial charge is 0.304 e. The Kier molecular flexibility index (Phi) is 3.81. The van der Waals surface area contributed by atoms with E-state index in [0.29, 0.717) is 0 Å². The van der Waals surface area contributed by atoms with E-state index in [2.05, 4.69) is 30.0 Å². The summed E-state index contributed by atoms with van der Waals surface area (Å²) in [5, 5.41) is 9.61. The summed E-state index contributed by atoms with van der Waals surface area (Å²) < 4.78 is 0. The summed E-state index contributed by atoms with van der Waals surface area (Å²) in [6.45, 7) is 5.46. The number of likely N-dealkylation sites (tertiary alicyclic amines) is 1. The van der Waals surface area contributed by atoms with E-state index in [9.17, 15) is 5.26 Å². The molecule has 1 atom stereocenters. The van der Waals surface area contributed by atoms with E-state index in [1.54, 1.807) is 0 Å². The molecule has 1 fully saturated rings. The first-order valence-electron chi connectivity index (χ1n) is 6.50. The van der Waals surface area contributed by atoms with Gasteiger partial charge in [0.25, 0.3) is 0 Å². The molecule has 2 heteroatoms. The lowest BCUT2D eigenvalue weighted by Crippen LogP contribution is -2.28. The maximum Gasteiger partial charge on any atom is 0.0835 e. The molecule has 0 saturated carbocycles. The molecule has 1 aliphatic rings. The van der Waals surface area contributed by atoms with Crippen LogP contribution < -0.4 is 0 Å². The second-order valence-electron chi connectivity index (χ2n) is 4.85. The standard InChI is InChI=1S/C15H20N2/c1-2-17-11-6-9-15(13-16,10-12-17)14-7-4-3-5-8-14/h3-5,7-8H,2,6,9-12H2,1H3/t15-/m0/s1. The maximum absolute atomic E-state index is 9.61. The second-order valence-corrected chi connectivity index (χ2v) is 4.85. The highest BCUT2D eigenvalue weighted by Gasteiger charge is 2.33. The molecule has 90 valence electrons. The van der Waals surface area contributed by atoms with Crippen LogP contribution in [0, 0.1) is 11.3 Å². The van der Waals surface area contributed by atoms with Gasteiger partial charge in [-0.2, -0.15) is 5.26 Å². The molecular formula is C15H20N2. The van der Waals surface area contributed by atoms with Gasteiger partial charge in [-0.3, -0.25) is 0 Å². The number of nitrogens with zero attached hydrogens (tertiary/aromatic N) is 2. The lowest BCUT2D eigenvalue weighted by Gasteiger charge is -2.25. The third-order valence-electron chi connectivity index (χ3n) is 3.92. The molecule has 0 aromatic heterocycles. The van der Waals surface area contributed by atoms with Crippen LogP contribution in [0.5, 0.6) is 0 Å². The van der Waals surface area contributed by atoms with Gasteiger partial charge in [-0.1, -0.05) is 37.3 Å². The Morgan fingerprint density at radius 3 is 2.65 bits per heavy atom. The first-order chi connectivity index (χ1) is 8.30. The van der Waals surface area contributed by atoms with Crippen LogP contribution in [0.25, 0.3) is 0 Å². The van der Waals surface area contributed by atoms with Gasteiger partial charge >= 0.3 is 0 Å². The van der Waals surface area contributed by atoms with Crippen LogP contribution >= 0.6 is 0 Å². The fourth-order valence-corrected chi connectivity index (χ4v) is 2.73. The van der Waals surface area contributed by atoms with Crippen LogP contribution in [0.3, 0.4) is 0 Å². The van der Waals surface area contributed by atoms with E-state index in [-0.39, 0.29) is 5.41 Å². The summed E-state index contributed by atoms with van der Waals surface area (Å²) in [6, 6.07) is 12.9. The first-order valence-corrected chi connectivity index (χ1v) is 6.50. The molecule has 1 aromatic rings. The van der Waals surface area contributed by atoms with Gasteiger partial charge in [-0.05, 0) is 44.5 Å². The van der Waals surface area contributed by atoms with E-state index in [4.69, 9.17) is 0 Å². The highest BCUT2D eigenvalue weighted by Crippen LogP contribution is 2.34. The Morgan fingerprint density at radius 2 is 2.00 bits per heavy atom. The molecule has 0 spiro atoms. The Labute approximate surface area is 104 Å². The van der Waals surface area contributed by atoms with Crippen molar-refractivity contribution in [2.45, 2.75) is 31.6 Å². The minimum absolute atomic E-state index is 0.259. The molecule has 2 rings (SSSR count). The normalized spacial score (nSPS) is 26.1. The molecule has 0 aliphatic carbocycles. The molecule has 17 heavy (non-hydrogen) atoms. The SMILES string of the molecule is CCN1CCC[C@](C#N)(c2ccccc2)CC1. The number of rotatable bonds is 2. The molecule has 0 radical (unpaired) electrons. The van der Waals surface area contributed by atoms with Crippen molar-refractivity contribution in [2.24, 2.45) is 0 Å². The highest BCUT2D eigenvalue weighted by atomic mass is 15.1. The third kappa shape index (κ3) is 2.50. The van der Waals surface area contributed by atoms with Crippen molar-refractivity contribution in [3.63, 3.8) is 0 Å².